The lowest BCUT2D eigenvalue weighted by atomic mass is 9.99. The van der Waals surface area contributed by atoms with Crippen molar-refractivity contribution in [3.05, 3.63) is 12.3 Å². The third-order valence-electron chi connectivity index (χ3n) is 2.74. The third-order valence-corrected chi connectivity index (χ3v) is 2.74. The van der Waals surface area contributed by atoms with E-state index in [1.165, 1.54) is 13.8 Å². The van der Waals surface area contributed by atoms with Gasteiger partial charge in [-0.15, -0.1) is 0 Å². The maximum absolute atomic E-state index is 12.9. The summed E-state index contributed by atoms with van der Waals surface area (Å²) < 4.78 is 12.9. The first-order valence-electron chi connectivity index (χ1n) is 6.26. The number of aliphatic hydroxyl groups is 1. The molecule has 0 aliphatic carbocycles. The van der Waals surface area contributed by atoms with Crippen LogP contribution in [0.25, 0.3) is 0 Å². The van der Waals surface area contributed by atoms with Crippen molar-refractivity contribution in [3.63, 3.8) is 0 Å². The van der Waals surface area contributed by atoms with E-state index in [4.69, 9.17) is 5.11 Å². The van der Waals surface area contributed by atoms with Crippen molar-refractivity contribution >= 4 is 5.78 Å². The Kier molecular flexibility index (Phi) is 13.9. The number of carbonyl (C=O) groups excluding carboxylic acids is 1. The minimum atomic E-state index is -1.59. The Labute approximate surface area is 112 Å². The largest absolute Gasteiger partial charge is 0.513 e. The molecule has 0 radical (unpaired) electrons. The lowest BCUT2D eigenvalue weighted by Gasteiger charge is -2.14. The van der Waals surface area contributed by atoms with Crippen LogP contribution in [0, 0.1) is 5.92 Å². The van der Waals surface area contributed by atoms with Gasteiger partial charge in [-0.2, -0.15) is 0 Å². The predicted molar refractivity (Wildman–Crippen MR) is 77.7 cm³/mol. The summed E-state index contributed by atoms with van der Waals surface area (Å²) in [6.07, 6.45) is 3.20. The van der Waals surface area contributed by atoms with Crippen molar-refractivity contribution in [1.29, 1.82) is 0 Å². The second kappa shape index (κ2) is 11.2. The van der Waals surface area contributed by atoms with Crippen LogP contribution in [0.5, 0.6) is 0 Å². The van der Waals surface area contributed by atoms with E-state index >= 15 is 0 Å². The van der Waals surface area contributed by atoms with Crippen LogP contribution in [0.1, 0.15) is 67.7 Å². The summed E-state index contributed by atoms with van der Waals surface area (Å²) >= 11 is 0. The molecule has 0 aliphatic rings. The molecule has 0 rings (SSSR count). The molecule has 0 saturated carbocycles. The first kappa shape index (κ1) is 22.3. The van der Waals surface area contributed by atoms with Gasteiger partial charge < -0.3 is 5.11 Å². The molecule has 0 saturated heterocycles. The van der Waals surface area contributed by atoms with Gasteiger partial charge >= 0.3 is 0 Å². The fourth-order valence-electron chi connectivity index (χ4n) is 1.25. The Balaban J connectivity index is -0.000000238. The highest BCUT2D eigenvalue weighted by atomic mass is 19.1. The van der Waals surface area contributed by atoms with Gasteiger partial charge in [0.1, 0.15) is 0 Å². The first-order chi connectivity index (χ1) is 7.68. The van der Waals surface area contributed by atoms with Crippen LogP contribution >= 0.6 is 0 Å². The number of Topliss-reactive ketones (excluding diaryl/α,β-unsaturated/α-hetero) is 1. The molecule has 0 spiro atoms. The molecule has 0 aromatic heterocycles. The fourth-order valence-corrected chi connectivity index (χ4v) is 1.25. The van der Waals surface area contributed by atoms with Crippen molar-refractivity contribution in [2.24, 2.45) is 5.92 Å². The summed E-state index contributed by atoms with van der Waals surface area (Å²) in [7, 11) is 0. The SMILES string of the molecule is C.C=C(O)C(C)CCC.CCCC(C)(F)C(C)=O. The Hall–Kier alpha value is -0.860. The normalized spacial score (nSPS) is 14.3. The average molecular weight is 262 g/mol. The molecule has 1 N–H and O–H groups in total. The molecule has 0 aliphatic heterocycles. The zero-order valence-electron chi connectivity index (χ0n) is 11.8. The van der Waals surface area contributed by atoms with Gasteiger partial charge in [0.15, 0.2) is 11.5 Å². The fraction of sp³-hybridized carbons (Fsp3) is 0.800. The molecule has 2 unspecified atom stereocenters. The maximum atomic E-state index is 12.9. The second-order valence-electron chi connectivity index (χ2n) is 4.68. The number of alkyl halides is 1. The van der Waals surface area contributed by atoms with Gasteiger partial charge in [-0.1, -0.05) is 47.6 Å². The third kappa shape index (κ3) is 11.6. The Morgan fingerprint density at radius 3 is 1.94 bits per heavy atom. The molecule has 110 valence electrons. The molecule has 18 heavy (non-hydrogen) atoms. The van der Waals surface area contributed by atoms with Gasteiger partial charge in [0.05, 0.1) is 5.76 Å². The Morgan fingerprint density at radius 2 is 1.83 bits per heavy atom. The lowest BCUT2D eigenvalue weighted by Crippen LogP contribution is -2.26. The van der Waals surface area contributed by atoms with Crippen LogP contribution in [0.15, 0.2) is 12.3 Å². The van der Waals surface area contributed by atoms with Gasteiger partial charge in [0.25, 0.3) is 0 Å². The molecule has 0 aromatic rings. The summed E-state index contributed by atoms with van der Waals surface area (Å²) in [5, 5.41) is 8.76. The lowest BCUT2D eigenvalue weighted by molar-refractivity contribution is -0.127. The highest BCUT2D eigenvalue weighted by Crippen LogP contribution is 2.17. The first-order valence-corrected chi connectivity index (χ1v) is 6.26. The van der Waals surface area contributed by atoms with Gasteiger partial charge in [0, 0.05) is 5.92 Å². The van der Waals surface area contributed by atoms with Gasteiger partial charge in [0.2, 0.25) is 0 Å². The van der Waals surface area contributed by atoms with Crippen molar-refractivity contribution in [3.8, 4) is 0 Å². The number of allylic oxidation sites excluding steroid dienone is 1. The Bertz CT molecular complexity index is 235. The van der Waals surface area contributed by atoms with E-state index in [0.29, 0.717) is 18.6 Å². The number of carbonyl (C=O) groups is 1. The van der Waals surface area contributed by atoms with E-state index in [2.05, 4.69) is 13.5 Å². The number of rotatable bonds is 6. The highest BCUT2D eigenvalue weighted by molar-refractivity contribution is 5.84. The van der Waals surface area contributed by atoms with Gasteiger partial charge in [-0.3, -0.25) is 4.79 Å². The molecule has 0 aromatic carbocycles. The molecule has 2 nitrogen and oxygen atoms in total. The number of ketones is 1. The summed E-state index contributed by atoms with van der Waals surface area (Å²) in [5.41, 5.74) is -1.59. The predicted octanol–water partition coefficient (Wildman–Crippen LogP) is 5.23. The van der Waals surface area contributed by atoms with E-state index in [-0.39, 0.29) is 19.1 Å². The number of hydrogen-bond donors (Lipinski definition) is 1. The van der Waals surface area contributed by atoms with Crippen molar-refractivity contribution in [2.75, 3.05) is 0 Å². The van der Waals surface area contributed by atoms with Crippen LogP contribution in [0.3, 0.4) is 0 Å². The number of halogens is 1. The average Bonchev–Trinajstić information content (AvgIpc) is 2.18. The highest BCUT2D eigenvalue weighted by Gasteiger charge is 2.27. The molecule has 0 fully saturated rings. The van der Waals surface area contributed by atoms with Crippen LogP contribution in [-0.2, 0) is 4.79 Å². The number of aliphatic hydroxyl groups excluding tert-OH is 1. The summed E-state index contributed by atoms with van der Waals surface area (Å²) in [5.74, 6) is 0.219. The van der Waals surface area contributed by atoms with Crippen LogP contribution in [0.4, 0.5) is 4.39 Å². The second-order valence-corrected chi connectivity index (χ2v) is 4.68. The molecule has 0 amide bonds. The molecular weight excluding hydrogens is 231 g/mol. The van der Waals surface area contributed by atoms with Crippen molar-refractivity contribution in [1.82, 2.24) is 0 Å². The van der Waals surface area contributed by atoms with Crippen LogP contribution in [-0.4, -0.2) is 16.6 Å². The quantitative estimate of drug-likeness (QED) is 0.665. The maximum Gasteiger partial charge on any atom is 0.166 e. The van der Waals surface area contributed by atoms with Crippen molar-refractivity contribution in [2.45, 2.75) is 73.4 Å². The standard InChI is InChI=1S/C7H13FO.C7H14O.CH4/c1-4-5-7(3,8)6(2)9;1-4-5-6(2)7(3)8;/h4-5H2,1-3H3;6,8H,3-5H2,1-2H3;1H4. The smallest absolute Gasteiger partial charge is 0.166 e. The zero-order chi connectivity index (χ0) is 14.1. The summed E-state index contributed by atoms with van der Waals surface area (Å²) in [6.45, 7) is 12.0. The molecule has 3 heteroatoms. The zero-order valence-corrected chi connectivity index (χ0v) is 11.8. The topological polar surface area (TPSA) is 37.3 Å². The van der Waals surface area contributed by atoms with Gasteiger partial charge in [-0.25, -0.2) is 4.39 Å². The summed E-state index contributed by atoms with van der Waals surface area (Å²) in [4.78, 5) is 10.5. The van der Waals surface area contributed by atoms with Crippen LogP contribution in [0.2, 0.25) is 0 Å². The van der Waals surface area contributed by atoms with E-state index < -0.39 is 5.67 Å². The van der Waals surface area contributed by atoms with E-state index in [0.717, 1.165) is 12.8 Å². The molecular formula is C15H31FO2. The van der Waals surface area contributed by atoms with E-state index in [9.17, 15) is 9.18 Å². The van der Waals surface area contributed by atoms with E-state index in [1.54, 1.807) is 0 Å². The van der Waals surface area contributed by atoms with Gasteiger partial charge in [-0.05, 0) is 26.7 Å². The van der Waals surface area contributed by atoms with Crippen molar-refractivity contribution < 1.29 is 14.3 Å². The Morgan fingerprint density at radius 1 is 1.39 bits per heavy atom. The molecule has 2 atom stereocenters. The minimum Gasteiger partial charge on any atom is -0.513 e. The molecule has 0 bridgehead atoms. The number of hydrogen-bond acceptors (Lipinski definition) is 2. The summed E-state index contributed by atoms with van der Waals surface area (Å²) in [6, 6.07) is 0. The van der Waals surface area contributed by atoms with Crippen LogP contribution < -0.4 is 0 Å². The molecule has 0 heterocycles. The minimum absolute atomic E-state index is 0. The monoisotopic (exact) mass is 262 g/mol. The van der Waals surface area contributed by atoms with E-state index in [1.807, 2.05) is 13.8 Å².